The quantitative estimate of drug-likeness (QED) is 0.823. The number of sulfonamides is 1. The number of carbonyl (C=O) groups excluding carboxylic acids is 2. The van der Waals surface area contributed by atoms with Gasteiger partial charge in [0.25, 0.3) is 15.3 Å². The van der Waals surface area contributed by atoms with E-state index in [9.17, 15) is 18.0 Å². The number of imide groups is 1. The monoisotopic (exact) mass is 352 g/mol. The van der Waals surface area contributed by atoms with E-state index in [4.69, 9.17) is 11.6 Å². The molecule has 0 saturated carbocycles. The Morgan fingerprint density at radius 1 is 1.25 bits per heavy atom. The van der Waals surface area contributed by atoms with Crippen LogP contribution in [0.4, 0.5) is 4.79 Å². The molecule has 0 aliphatic carbocycles. The molecule has 0 aromatic carbocycles. The highest BCUT2D eigenvalue weighted by atomic mass is 35.5. The molecule has 0 N–H and O–H groups in total. The van der Waals surface area contributed by atoms with Gasteiger partial charge in [-0.1, -0.05) is 23.4 Å². The molecule has 10 heteroatoms. The van der Waals surface area contributed by atoms with Gasteiger partial charge in [-0.05, 0) is 12.1 Å². The van der Waals surface area contributed by atoms with E-state index in [1.54, 1.807) is 0 Å². The first-order valence-corrected chi connectivity index (χ1v) is 9.26. The Morgan fingerprint density at radius 2 is 1.95 bits per heavy atom. The SMILES string of the molecule is O=C1CSC(=O)N1C1CN(S(=O)(=O)c2ccc(Cl)s2)C1. The molecule has 2 saturated heterocycles. The highest BCUT2D eigenvalue weighted by molar-refractivity contribution is 8.14. The molecule has 0 spiro atoms. The number of carbonyl (C=O) groups is 2. The molecule has 1 aromatic rings. The van der Waals surface area contributed by atoms with Crippen molar-refractivity contribution < 1.29 is 18.0 Å². The molecule has 6 nitrogen and oxygen atoms in total. The topological polar surface area (TPSA) is 74.8 Å². The van der Waals surface area contributed by atoms with Crippen LogP contribution < -0.4 is 0 Å². The minimum Gasteiger partial charge on any atom is -0.273 e. The molecule has 1 aromatic heterocycles. The minimum absolute atomic E-state index is 0.141. The lowest BCUT2D eigenvalue weighted by molar-refractivity contribution is -0.127. The second-order valence-corrected chi connectivity index (χ2v) is 9.16. The summed E-state index contributed by atoms with van der Waals surface area (Å²) in [6, 6.07) is 2.63. The van der Waals surface area contributed by atoms with Crippen LogP contribution in [-0.4, -0.2) is 53.7 Å². The summed E-state index contributed by atoms with van der Waals surface area (Å²) >= 11 is 7.68. The van der Waals surface area contributed by atoms with Gasteiger partial charge in [0, 0.05) is 13.1 Å². The zero-order valence-electron chi connectivity index (χ0n) is 9.98. The number of halogens is 1. The van der Waals surface area contributed by atoms with Gasteiger partial charge in [-0.3, -0.25) is 14.5 Å². The van der Waals surface area contributed by atoms with Crippen molar-refractivity contribution in [2.75, 3.05) is 18.8 Å². The van der Waals surface area contributed by atoms with Crippen molar-refractivity contribution in [3.63, 3.8) is 0 Å². The molecule has 0 radical (unpaired) electrons. The van der Waals surface area contributed by atoms with E-state index < -0.39 is 10.0 Å². The van der Waals surface area contributed by atoms with Gasteiger partial charge in [-0.15, -0.1) is 11.3 Å². The van der Waals surface area contributed by atoms with Crippen molar-refractivity contribution in [3.8, 4) is 0 Å². The number of hydrogen-bond acceptors (Lipinski definition) is 6. The van der Waals surface area contributed by atoms with Crippen LogP contribution in [0.2, 0.25) is 4.34 Å². The maximum atomic E-state index is 12.2. The highest BCUT2D eigenvalue weighted by Gasteiger charge is 2.46. The summed E-state index contributed by atoms with van der Waals surface area (Å²) < 4.78 is 26.3. The average molecular weight is 353 g/mol. The fourth-order valence-corrected chi connectivity index (χ4v) is 5.98. The molecule has 0 bridgehead atoms. The van der Waals surface area contributed by atoms with E-state index in [0.29, 0.717) is 4.34 Å². The lowest BCUT2D eigenvalue weighted by Crippen LogP contribution is -2.61. The molecule has 2 amide bonds. The van der Waals surface area contributed by atoms with Gasteiger partial charge < -0.3 is 0 Å². The van der Waals surface area contributed by atoms with Gasteiger partial charge >= 0.3 is 0 Å². The molecular weight excluding hydrogens is 344 g/mol. The molecule has 2 aliphatic rings. The molecule has 2 fully saturated rings. The summed E-state index contributed by atoms with van der Waals surface area (Å²) in [5, 5.41) is -0.295. The third-order valence-corrected chi connectivity index (χ3v) is 7.49. The Bertz CT molecular complexity index is 664. The summed E-state index contributed by atoms with van der Waals surface area (Å²) in [7, 11) is -3.57. The van der Waals surface area contributed by atoms with E-state index >= 15 is 0 Å². The van der Waals surface area contributed by atoms with Gasteiger partial charge in [-0.25, -0.2) is 8.42 Å². The largest absolute Gasteiger partial charge is 0.289 e. The minimum atomic E-state index is -3.57. The normalized spacial score (nSPS) is 21.6. The third kappa shape index (κ3) is 2.27. The first-order valence-electron chi connectivity index (χ1n) is 5.64. The molecule has 3 heterocycles. The molecular formula is C10H9ClN2O4S3. The summed E-state index contributed by atoms with van der Waals surface area (Å²) in [5.74, 6) is -0.107. The summed E-state index contributed by atoms with van der Waals surface area (Å²) in [4.78, 5) is 24.2. The van der Waals surface area contributed by atoms with Crippen molar-refractivity contribution in [2.45, 2.75) is 10.3 Å². The molecule has 0 unspecified atom stereocenters. The van der Waals surface area contributed by atoms with Crippen molar-refractivity contribution in [1.82, 2.24) is 9.21 Å². The smallest absolute Gasteiger partial charge is 0.273 e. The molecule has 108 valence electrons. The van der Waals surface area contributed by atoms with Crippen molar-refractivity contribution >= 4 is 55.9 Å². The zero-order valence-corrected chi connectivity index (χ0v) is 13.2. The fourth-order valence-electron chi connectivity index (χ4n) is 2.06. The number of thiophene rings is 1. The van der Waals surface area contributed by atoms with Crippen LogP contribution in [0.25, 0.3) is 0 Å². The van der Waals surface area contributed by atoms with Crippen molar-refractivity contribution in [1.29, 1.82) is 0 Å². The van der Waals surface area contributed by atoms with E-state index in [-0.39, 0.29) is 40.2 Å². The lowest BCUT2D eigenvalue weighted by Gasteiger charge is -2.41. The maximum Gasteiger partial charge on any atom is 0.289 e. The fraction of sp³-hybridized carbons (Fsp3) is 0.400. The van der Waals surface area contributed by atoms with Gasteiger partial charge in [0.05, 0.1) is 16.1 Å². The second-order valence-electron chi connectivity index (χ2n) is 4.35. The number of nitrogens with zero attached hydrogens (tertiary/aromatic N) is 2. The van der Waals surface area contributed by atoms with E-state index in [1.807, 2.05) is 0 Å². The van der Waals surface area contributed by atoms with Crippen LogP contribution >= 0.6 is 34.7 Å². The van der Waals surface area contributed by atoms with Gasteiger partial charge in [-0.2, -0.15) is 4.31 Å². The Kier molecular flexibility index (Phi) is 3.57. The van der Waals surface area contributed by atoms with Crippen LogP contribution in [0.15, 0.2) is 16.3 Å². The molecule has 2 aliphatic heterocycles. The van der Waals surface area contributed by atoms with E-state index in [1.165, 1.54) is 16.4 Å². The first kappa shape index (κ1) is 14.3. The molecule has 3 rings (SSSR count). The number of rotatable bonds is 3. The predicted octanol–water partition coefficient (Wildman–Crippen LogP) is 1.47. The molecule has 20 heavy (non-hydrogen) atoms. The van der Waals surface area contributed by atoms with Gasteiger partial charge in [0.1, 0.15) is 4.21 Å². The number of hydrogen-bond donors (Lipinski definition) is 0. The van der Waals surface area contributed by atoms with Gasteiger partial charge in [0.15, 0.2) is 0 Å². The lowest BCUT2D eigenvalue weighted by atomic mass is 10.1. The number of amides is 2. The number of thioether (sulfide) groups is 1. The Labute approximate surface area is 128 Å². The van der Waals surface area contributed by atoms with Crippen LogP contribution in [0.3, 0.4) is 0 Å². The summed E-state index contributed by atoms with van der Waals surface area (Å²) in [6.45, 7) is 0.297. The van der Waals surface area contributed by atoms with Crippen LogP contribution in [-0.2, 0) is 14.8 Å². The van der Waals surface area contributed by atoms with Gasteiger partial charge in [0.2, 0.25) is 5.91 Å². The van der Waals surface area contributed by atoms with Crippen LogP contribution in [0.1, 0.15) is 0 Å². The Hall–Kier alpha value is -0.610. The van der Waals surface area contributed by atoms with E-state index in [2.05, 4.69) is 0 Å². The maximum absolute atomic E-state index is 12.2. The van der Waals surface area contributed by atoms with Crippen molar-refractivity contribution in [3.05, 3.63) is 16.5 Å². The Balaban J connectivity index is 1.71. The van der Waals surface area contributed by atoms with Crippen LogP contribution in [0.5, 0.6) is 0 Å². The first-order chi connectivity index (χ1) is 9.39. The average Bonchev–Trinajstić information content (AvgIpc) is 2.88. The zero-order chi connectivity index (χ0) is 14.5. The van der Waals surface area contributed by atoms with Crippen LogP contribution in [0, 0.1) is 0 Å². The van der Waals surface area contributed by atoms with Crippen molar-refractivity contribution in [2.24, 2.45) is 0 Å². The standard InChI is InChI=1S/C10H9ClN2O4S3/c11-7-1-2-9(19-7)20(16,17)12-3-6(4-12)13-8(14)5-18-10(13)15/h1-2,6H,3-5H2. The second kappa shape index (κ2) is 4.99. The third-order valence-electron chi connectivity index (χ3n) is 3.12. The molecule has 0 atom stereocenters. The summed E-state index contributed by atoms with van der Waals surface area (Å²) in [6.07, 6.45) is 0. The Morgan fingerprint density at radius 3 is 2.45 bits per heavy atom. The highest BCUT2D eigenvalue weighted by Crippen LogP contribution is 2.33. The summed E-state index contributed by atoms with van der Waals surface area (Å²) in [5.41, 5.74) is 0. The van der Waals surface area contributed by atoms with E-state index in [0.717, 1.165) is 28.0 Å². The predicted molar refractivity (Wildman–Crippen MR) is 76.6 cm³/mol.